The van der Waals surface area contributed by atoms with Crippen LogP contribution in [0.5, 0.6) is 0 Å². The second kappa shape index (κ2) is 5.88. The van der Waals surface area contributed by atoms with Gasteiger partial charge in [0.15, 0.2) is 0 Å². The molecule has 1 aliphatic carbocycles. The predicted octanol–water partition coefficient (Wildman–Crippen LogP) is 3.04. The SMILES string of the molecule is Ic1ccc([C@@H](CC2CC2)N2CCNCC2)cc1. The summed E-state index contributed by atoms with van der Waals surface area (Å²) in [4.78, 5) is 2.68. The van der Waals surface area contributed by atoms with E-state index < -0.39 is 0 Å². The van der Waals surface area contributed by atoms with Crippen LogP contribution in [0, 0.1) is 9.49 Å². The highest BCUT2D eigenvalue weighted by molar-refractivity contribution is 14.1. The molecule has 1 saturated heterocycles. The van der Waals surface area contributed by atoms with Crippen LogP contribution in [0.3, 0.4) is 0 Å². The van der Waals surface area contributed by atoms with Gasteiger partial charge in [-0.3, -0.25) is 4.90 Å². The van der Waals surface area contributed by atoms with E-state index >= 15 is 0 Å². The van der Waals surface area contributed by atoms with E-state index in [1.165, 1.54) is 41.5 Å². The first-order valence-corrected chi connectivity index (χ1v) is 8.11. The predicted molar refractivity (Wildman–Crippen MR) is 83.7 cm³/mol. The van der Waals surface area contributed by atoms with Crippen LogP contribution in [0.4, 0.5) is 0 Å². The van der Waals surface area contributed by atoms with Gasteiger partial charge in [-0.15, -0.1) is 0 Å². The Labute approximate surface area is 123 Å². The van der Waals surface area contributed by atoms with Crippen molar-refractivity contribution in [3.8, 4) is 0 Å². The van der Waals surface area contributed by atoms with Crippen molar-refractivity contribution in [2.75, 3.05) is 26.2 Å². The number of hydrogen-bond acceptors (Lipinski definition) is 2. The summed E-state index contributed by atoms with van der Waals surface area (Å²) in [6.45, 7) is 4.68. The van der Waals surface area contributed by atoms with Gasteiger partial charge in [0.05, 0.1) is 0 Å². The van der Waals surface area contributed by atoms with Gasteiger partial charge < -0.3 is 5.32 Å². The first-order valence-electron chi connectivity index (χ1n) is 7.03. The Morgan fingerprint density at radius 1 is 1.17 bits per heavy atom. The molecule has 0 radical (unpaired) electrons. The number of piperazine rings is 1. The molecule has 1 aliphatic heterocycles. The minimum atomic E-state index is 0.650. The number of benzene rings is 1. The fourth-order valence-corrected chi connectivity index (χ4v) is 3.20. The Kier molecular flexibility index (Phi) is 4.21. The van der Waals surface area contributed by atoms with E-state index in [1.54, 1.807) is 0 Å². The molecular weight excluding hydrogens is 335 g/mol. The second-order valence-electron chi connectivity index (χ2n) is 5.53. The largest absolute Gasteiger partial charge is 0.314 e. The van der Waals surface area contributed by atoms with E-state index in [0.29, 0.717) is 6.04 Å². The van der Waals surface area contributed by atoms with E-state index in [0.717, 1.165) is 19.0 Å². The Balaban J connectivity index is 1.76. The molecule has 1 atom stereocenters. The summed E-state index contributed by atoms with van der Waals surface area (Å²) in [6, 6.07) is 9.81. The van der Waals surface area contributed by atoms with E-state index in [4.69, 9.17) is 0 Å². The van der Waals surface area contributed by atoms with Crippen LogP contribution in [0.25, 0.3) is 0 Å². The molecule has 2 nitrogen and oxygen atoms in total. The molecule has 98 valence electrons. The van der Waals surface area contributed by atoms with Crippen LogP contribution < -0.4 is 5.32 Å². The maximum absolute atomic E-state index is 3.46. The van der Waals surface area contributed by atoms with Crippen LogP contribution >= 0.6 is 22.6 Å². The van der Waals surface area contributed by atoms with Crippen LogP contribution in [-0.2, 0) is 0 Å². The van der Waals surface area contributed by atoms with Crippen LogP contribution in [-0.4, -0.2) is 31.1 Å². The zero-order valence-corrected chi connectivity index (χ0v) is 12.9. The van der Waals surface area contributed by atoms with Crippen LogP contribution in [0.2, 0.25) is 0 Å². The minimum Gasteiger partial charge on any atom is -0.314 e. The van der Waals surface area contributed by atoms with E-state index in [9.17, 15) is 0 Å². The van der Waals surface area contributed by atoms with Gasteiger partial charge in [0.25, 0.3) is 0 Å². The molecule has 0 amide bonds. The summed E-state index contributed by atoms with van der Waals surface area (Å²) in [6.07, 6.45) is 4.26. The summed E-state index contributed by atoms with van der Waals surface area (Å²) in [5.74, 6) is 0.990. The van der Waals surface area contributed by atoms with Gasteiger partial charge >= 0.3 is 0 Å². The number of hydrogen-bond donors (Lipinski definition) is 1. The molecule has 1 N–H and O–H groups in total. The second-order valence-corrected chi connectivity index (χ2v) is 6.78. The van der Waals surface area contributed by atoms with Crippen LogP contribution in [0.15, 0.2) is 24.3 Å². The molecule has 1 heterocycles. The monoisotopic (exact) mass is 356 g/mol. The Hall–Kier alpha value is -0.130. The van der Waals surface area contributed by atoms with Gasteiger partial charge in [-0.1, -0.05) is 25.0 Å². The molecule has 0 aromatic heterocycles. The van der Waals surface area contributed by atoms with Crippen molar-refractivity contribution in [1.82, 2.24) is 10.2 Å². The number of nitrogens with one attached hydrogen (secondary N) is 1. The van der Waals surface area contributed by atoms with Crippen molar-refractivity contribution in [1.29, 1.82) is 0 Å². The van der Waals surface area contributed by atoms with Crippen molar-refractivity contribution >= 4 is 22.6 Å². The molecule has 3 heteroatoms. The molecule has 1 aromatic rings. The third kappa shape index (κ3) is 3.25. The first kappa shape index (κ1) is 12.9. The van der Waals surface area contributed by atoms with Gasteiger partial charge in [0.1, 0.15) is 0 Å². The highest BCUT2D eigenvalue weighted by Gasteiger charge is 2.30. The zero-order chi connectivity index (χ0) is 12.4. The van der Waals surface area contributed by atoms with Crippen molar-refractivity contribution in [2.45, 2.75) is 25.3 Å². The lowest BCUT2D eigenvalue weighted by atomic mass is 9.99. The molecule has 1 saturated carbocycles. The average molecular weight is 356 g/mol. The molecule has 0 unspecified atom stereocenters. The third-order valence-electron chi connectivity index (χ3n) is 4.10. The Morgan fingerprint density at radius 3 is 2.44 bits per heavy atom. The molecule has 18 heavy (non-hydrogen) atoms. The summed E-state index contributed by atoms with van der Waals surface area (Å²) in [7, 11) is 0. The summed E-state index contributed by atoms with van der Waals surface area (Å²) >= 11 is 2.39. The molecular formula is C15H21IN2. The Morgan fingerprint density at radius 2 is 1.83 bits per heavy atom. The number of halogens is 1. The molecule has 2 fully saturated rings. The van der Waals surface area contributed by atoms with Gasteiger partial charge in [-0.25, -0.2) is 0 Å². The normalized spacial score (nSPS) is 22.9. The van der Waals surface area contributed by atoms with Gasteiger partial charge in [0, 0.05) is 35.8 Å². The van der Waals surface area contributed by atoms with Crippen LogP contribution in [0.1, 0.15) is 30.9 Å². The highest BCUT2D eigenvalue weighted by atomic mass is 127. The lowest BCUT2D eigenvalue weighted by Crippen LogP contribution is -2.45. The van der Waals surface area contributed by atoms with Gasteiger partial charge in [0.2, 0.25) is 0 Å². The standard InChI is InChI=1S/C15H21IN2/c16-14-5-3-13(4-6-14)15(11-12-1-2-12)18-9-7-17-8-10-18/h3-6,12,15,17H,1-2,7-11H2/t15-/m1/s1. The average Bonchev–Trinajstić information content (AvgIpc) is 3.22. The summed E-state index contributed by atoms with van der Waals surface area (Å²) < 4.78 is 1.34. The maximum Gasteiger partial charge on any atom is 0.0351 e. The van der Waals surface area contributed by atoms with Crippen molar-refractivity contribution in [3.63, 3.8) is 0 Å². The zero-order valence-electron chi connectivity index (χ0n) is 10.7. The van der Waals surface area contributed by atoms with Crippen molar-refractivity contribution in [2.24, 2.45) is 5.92 Å². The van der Waals surface area contributed by atoms with Gasteiger partial charge in [-0.05, 0) is 52.6 Å². The lowest BCUT2D eigenvalue weighted by Gasteiger charge is -2.35. The van der Waals surface area contributed by atoms with E-state index in [2.05, 4.69) is 57.1 Å². The van der Waals surface area contributed by atoms with E-state index in [-0.39, 0.29) is 0 Å². The fraction of sp³-hybridized carbons (Fsp3) is 0.600. The minimum absolute atomic E-state index is 0.650. The molecule has 2 aliphatic rings. The van der Waals surface area contributed by atoms with Crippen molar-refractivity contribution in [3.05, 3.63) is 33.4 Å². The quantitative estimate of drug-likeness (QED) is 0.835. The van der Waals surface area contributed by atoms with E-state index in [1.807, 2.05) is 0 Å². The smallest absolute Gasteiger partial charge is 0.0351 e. The topological polar surface area (TPSA) is 15.3 Å². The first-order chi connectivity index (χ1) is 8.83. The maximum atomic E-state index is 3.46. The third-order valence-corrected chi connectivity index (χ3v) is 4.82. The molecule has 1 aromatic carbocycles. The molecule has 0 spiro atoms. The summed E-state index contributed by atoms with van der Waals surface area (Å²) in [5.41, 5.74) is 1.52. The van der Waals surface area contributed by atoms with Crippen molar-refractivity contribution < 1.29 is 0 Å². The molecule has 0 bridgehead atoms. The fourth-order valence-electron chi connectivity index (χ4n) is 2.84. The number of rotatable bonds is 4. The Bertz CT molecular complexity index is 380. The number of nitrogens with zero attached hydrogens (tertiary/aromatic N) is 1. The highest BCUT2D eigenvalue weighted by Crippen LogP contribution is 2.40. The summed E-state index contributed by atoms with van der Waals surface area (Å²) in [5, 5.41) is 3.46. The molecule has 3 rings (SSSR count). The van der Waals surface area contributed by atoms with Gasteiger partial charge in [-0.2, -0.15) is 0 Å². The lowest BCUT2D eigenvalue weighted by molar-refractivity contribution is 0.160.